The van der Waals surface area contributed by atoms with Gasteiger partial charge >= 0.3 is 5.97 Å². The fourth-order valence-corrected chi connectivity index (χ4v) is 5.03. The zero-order valence-corrected chi connectivity index (χ0v) is 19.1. The van der Waals surface area contributed by atoms with Gasteiger partial charge in [-0.1, -0.05) is 0 Å². The van der Waals surface area contributed by atoms with Crippen molar-refractivity contribution in [1.82, 2.24) is 9.97 Å². The molecule has 2 atom stereocenters. The minimum atomic E-state index is -0.381. The minimum absolute atomic E-state index is 0.0558. The third kappa shape index (κ3) is 4.68. The van der Waals surface area contributed by atoms with Crippen molar-refractivity contribution >= 4 is 39.0 Å². The van der Waals surface area contributed by atoms with E-state index in [2.05, 4.69) is 15.3 Å². The number of rotatable bonds is 7. The number of methoxy groups -OCH3 is 1. The molecule has 0 saturated heterocycles. The Morgan fingerprint density at radius 2 is 2.09 bits per heavy atom. The van der Waals surface area contributed by atoms with E-state index in [9.17, 15) is 9.18 Å². The van der Waals surface area contributed by atoms with Crippen LogP contribution in [0.2, 0.25) is 0 Å². The first kappa shape index (κ1) is 22.4. The van der Waals surface area contributed by atoms with Crippen LogP contribution in [0.5, 0.6) is 5.75 Å². The third-order valence-electron chi connectivity index (χ3n) is 5.59. The number of nitrogens with zero attached hydrogens (tertiary/aromatic N) is 2. The number of aromatic nitrogens is 2. The lowest BCUT2D eigenvalue weighted by atomic mass is 9.95. The molecule has 1 aliphatic carbocycles. The molecule has 0 radical (unpaired) electrons. The molecule has 9 heteroatoms. The topological polar surface area (TPSA) is 82.6 Å². The summed E-state index contributed by atoms with van der Waals surface area (Å²) in [5.74, 6) is 0.176. The number of carbonyl (C=O) groups excluding carboxylic acids is 1. The van der Waals surface area contributed by atoms with Gasteiger partial charge in [0.25, 0.3) is 0 Å². The molecule has 2 aromatic heterocycles. The van der Waals surface area contributed by atoms with Crippen LogP contribution in [0.3, 0.4) is 0 Å². The van der Waals surface area contributed by atoms with E-state index in [0.29, 0.717) is 33.6 Å². The SMILES string of the molecule is CCOC(=O)c1sc2ncnc(Nc3ccc(F)cc3OC3CCCC(OC)C3)c2c1C. The van der Waals surface area contributed by atoms with Gasteiger partial charge in [-0.3, -0.25) is 0 Å². The predicted molar refractivity (Wildman–Crippen MR) is 121 cm³/mol. The number of anilines is 2. The highest BCUT2D eigenvalue weighted by Crippen LogP contribution is 2.37. The second-order valence-electron chi connectivity index (χ2n) is 7.71. The second kappa shape index (κ2) is 9.79. The summed E-state index contributed by atoms with van der Waals surface area (Å²) in [6.45, 7) is 3.91. The molecule has 1 aromatic carbocycles. The number of aryl methyl sites for hydroxylation is 1. The van der Waals surface area contributed by atoms with E-state index in [4.69, 9.17) is 14.2 Å². The molecule has 2 heterocycles. The maximum absolute atomic E-state index is 14.1. The minimum Gasteiger partial charge on any atom is -0.488 e. The summed E-state index contributed by atoms with van der Waals surface area (Å²) in [6.07, 6.45) is 5.18. The molecule has 0 spiro atoms. The van der Waals surface area contributed by atoms with Gasteiger partial charge in [0.2, 0.25) is 0 Å². The van der Waals surface area contributed by atoms with Crippen LogP contribution < -0.4 is 10.1 Å². The van der Waals surface area contributed by atoms with E-state index < -0.39 is 0 Å². The van der Waals surface area contributed by atoms with E-state index in [-0.39, 0.29) is 24.0 Å². The Morgan fingerprint density at radius 3 is 2.88 bits per heavy atom. The number of esters is 1. The van der Waals surface area contributed by atoms with Gasteiger partial charge in [0.15, 0.2) is 0 Å². The number of nitrogens with one attached hydrogen (secondary N) is 1. The van der Waals surface area contributed by atoms with E-state index in [0.717, 1.165) is 36.6 Å². The largest absolute Gasteiger partial charge is 0.488 e. The highest BCUT2D eigenvalue weighted by molar-refractivity contribution is 7.20. The standard InChI is InChI=1S/C23H26FN3O4S/c1-4-30-23(28)20-13(2)19-21(25-12-26-22(19)32-20)27-17-9-8-14(24)10-18(17)31-16-7-5-6-15(11-16)29-3/h8-10,12,15-16H,4-7,11H2,1-3H3,(H,25,26,27). The summed E-state index contributed by atoms with van der Waals surface area (Å²) in [5, 5.41) is 3.99. The fraction of sp³-hybridized carbons (Fsp3) is 0.435. The molecule has 1 aliphatic rings. The molecule has 1 N–H and O–H groups in total. The zero-order chi connectivity index (χ0) is 22.7. The Bertz CT molecular complexity index is 1120. The molecular weight excluding hydrogens is 433 g/mol. The summed E-state index contributed by atoms with van der Waals surface area (Å²) in [5.41, 5.74) is 1.33. The molecule has 3 aromatic rings. The van der Waals surface area contributed by atoms with Gasteiger partial charge in [0.1, 0.15) is 39.5 Å². The monoisotopic (exact) mass is 459 g/mol. The highest BCUT2D eigenvalue weighted by Gasteiger charge is 2.25. The van der Waals surface area contributed by atoms with Gasteiger partial charge in [0, 0.05) is 19.6 Å². The molecule has 2 unspecified atom stereocenters. The number of halogens is 1. The number of hydrogen-bond donors (Lipinski definition) is 1. The number of thiophene rings is 1. The maximum Gasteiger partial charge on any atom is 0.348 e. The molecular formula is C23H26FN3O4S. The first-order valence-corrected chi connectivity index (χ1v) is 11.5. The van der Waals surface area contributed by atoms with Gasteiger partial charge in [-0.25, -0.2) is 19.2 Å². The molecule has 4 rings (SSSR count). The average molecular weight is 460 g/mol. The molecule has 0 bridgehead atoms. The summed E-state index contributed by atoms with van der Waals surface area (Å²) in [4.78, 5) is 22.2. The Kier molecular flexibility index (Phi) is 6.86. The van der Waals surface area contributed by atoms with Crippen LogP contribution in [0.1, 0.15) is 47.8 Å². The Morgan fingerprint density at radius 1 is 1.28 bits per heavy atom. The quantitative estimate of drug-likeness (QED) is 0.474. The molecule has 0 amide bonds. The second-order valence-corrected chi connectivity index (χ2v) is 8.71. The predicted octanol–water partition coefficient (Wildman–Crippen LogP) is 5.40. The third-order valence-corrected chi connectivity index (χ3v) is 6.77. The number of hydrogen-bond acceptors (Lipinski definition) is 8. The van der Waals surface area contributed by atoms with E-state index in [1.807, 2.05) is 6.92 Å². The molecule has 32 heavy (non-hydrogen) atoms. The van der Waals surface area contributed by atoms with Crippen LogP contribution in [0, 0.1) is 12.7 Å². The maximum atomic E-state index is 14.1. The van der Waals surface area contributed by atoms with Crippen LogP contribution in [0.15, 0.2) is 24.5 Å². The molecule has 1 saturated carbocycles. The van der Waals surface area contributed by atoms with Crippen LogP contribution in [0.25, 0.3) is 10.2 Å². The van der Waals surface area contributed by atoms with Crippen molar-refractivity contribution in [3.8, 4) is 5.75 Å². The summed E-state index contributed by atoms with van der Waals surface area (Å²) in [7, 11) is 1.70. The normalized spacial score (nSPS) is 18.5. The van der Waals surface area contributed by atoms with Crippen molar-refractivity contribution in [3.63, 3.8) is 0 Å². The van der Waals surface area contributed by atoms with Crippen molar-refractivity contribution in [2.75, 3.05) is 19.0 Å². The van der Waals surface area contributed by atoms with Gasteiger partial charge in [-0.15, -0.1) is 11.3 Å². The molecule has 170 valence electrons. The van der Waals surface area contributed by atoms with Crippen LogP contribution >= 0.6 is 11.3 Å². The van der Waals surface area contributed by atoms with Crippen LogP contribution in [-0.2, 0) is 9.47 Å². The van der Waals surface area contributed by atoms with Crippen LogP contribution in [-0.4, -0.2) is 41.9 Å². The fourth-order valence-electron chi connectivity index (χ4n) is 3.99. The highest BCUT2D eigenvalue weighted by atomic mass is 32.1. The molecule has 1 fully saturated rings. The summed E-state index contributed by atoms with van der Waals surface area (Å²) >= 11 is 1.26. The van der Waals surface area contributed by atoms with Gasteiger partial charge in [0.05, 0.1) is 23.8 Å². The Balaban J connectivity index is 1.65. The van der Waals surface area contributed by atoms with E-state index in [1.165, 1.54) is 29.8 Å². The van der Waals surface area contributed by atoms with E-state index >= 15 is 0 Å². The summed E-state index contributed by atoms with van der Waals surface area (Å²) in [6, 6.07) is 4.38. The lowest BCUT2D eigenvalue weighted by molar-refractivity contribution is 0.0211. The Labute approximate surface area is 189 Å². The lowest BCUT2D eigenvalue weighted by Crippen LogP contribution is -2.29. The number of fused-ring (bicyclic) bond motifs is 1. The van der Waals surface area contributed by atoms with E-state index in [1.54, 1.807) is 20.1 Å². The molecule has 0 aliphatic heterocycles. The van der Waals surface area contributed by atoms with Crippen LogP contribution in [0.4, 0.5) is 15.9 Å². The van der Waals surface area contributed by atoms with Crippen molar-refractivity contribution < 1.29 is 23.4 Å². The smallest absolute Gasteiger partial charge is 0.348 e. The van der Waals surface area contributed by atoms with Gasteiger partial charge in [-0.05, 0) is 50.8 Å². The van der Waals surface area contributed by atoms with Crippen molar-refractivity contribution in [2.24, 2.45) is 0 Å². The first-order valence-electron chi connectivity index (χ1n) is 10.7. The number of carbonyl (C=O) groups is 1. The van der Waals surface area contributed by atoms with Crippen molar-refractivity contribution in [1.29, 1.82) is 0 Å². The number of benzene rings is 1. The first-order chi connectivity index (χ1) is 15.5. The lowest BCUT2D eigenvalue weighted by Gasteiger charge is -2.29. The summed E-state index contributed by atoms with van der Waals surface area (Å²) < 4.78 is 30.9. The Hall–Kier alpha value is -2.78. The molecule has 7 nitrogen and oxygen atoms in total. The van der Waals surface area contributed by atoms with Crippen molar-refractivity contribution in [3.05, 3.63) is 40.8 Å². The average Bonchev–Trinajstić information content (AvgIpc) is 3.13. The van der Waals surface area contributed by atoms with Crippen molar-refractivity contribution in [2.45, 2.75) is 51.7 Å². The van der Waals surface area contributed by atoms with Gasteiger partial charge in [-0.2, -0.15) is 0 Å². The van der Waals surface area contributed by atoms with Gasteiger partial charge < -0.3 is 19.5 Å². The zero-order valence-electron chi connectivity index (χ0n) is 18.3. The number of ether oxygens (including phenoxy) is 3.